The fraction of sp³-hybridized carbons (Fsp3) is 0.476. The highest BCUT2D eigenvalue weighted by molar-refractivity contribution is 7.10. The maximum Gasteiger partial charge on any atom is 0.234 e. The van der Waals surface area contributed by atoms with Crippen LogP contribution in [-0.2, 0) is 22.6 Å². The van der Waals surface area contributed by atoms with Gasteiger partial charge in [0.2, 0.25) is 5.91 Å². The molecule has 0 saturated heterocycles. The third-order valence-corrected chi connectivity index (χ3v) is 5.83. The number of carbonyl (C=O) groups excluding carboxylic acids is 1. The number of hydrogen-bond donors (Lipinski definition) is 1. The Morgan fingerprint density at radius 3 is 2.96 bits per heavy atom. The molecule has 1 amide bonds. The van der Waals surface area contributed by atoms with Gasteiger partial charge in [0.15, 0.2) is 0 Å². The van der Waals surface area contributed by atoms with Crippen molar-refractivity contribution >= 4 is 17.2 Å². The molecule has 0 saturated carbocycles. The molecule has 140 valence electrons. The first kappa shape index (κ1) is 19.1. The highest BCUT2D eigenvalue weighted by Gasteiger charge is 2.27. The van der Waals surface area contributed by atoms with Crippen molar-refractivity contribution in [1.29, 1.82) is 0 Å². The topological polar surface area (TPSA) is 41.6 Å². The molecule has 0 bridgehead atoms. The predicted molar refractivity (Wildman–Crippen MR) is 106 cm³/mol. The molecular formula is C21H28N2O2S. The average molecular weight is 373 g/mol. The standard InChI is InChI=1S/C21H28N2O2S/c1-2-19-18-10-14-26-20(18)9-12-23(19)15-21(24)22-11-6-13-25-16-17-7-4-3-5-8-17/h3-5,7-8,10,14,19H,2,6,9,11-13,15-16H2,1H3,(H,22,24). The van der Waals surface area contributed by atoms with Gasteiger partial charge >= 0.3 is 0 Å². The quantitative estimate of drug-likeness (QED) is 0.681. The van der Waals surface area contributed by atoms with E-state index in [9.17, 15) is 4.79 Å². The number of carbonyl (C=O) groups is 1. The molecule has 1 aliphatic heterocycles. The number of fused-ring (bicyclic) bond motifs is 1. The third kappa shape index (κ3) is 5.16. The summed E-state index contributed by atoms with van der Waals surface area (Å²) in [6.45, 7) is 5.62. The molecule has 5 heteroatoms. The highest BCUT2D eigenvalue weighted by Crippen LogP contribution is 2.34. The Morgan fingerprint density at radius 1 is 1.31 bits per heavy atom. The smallest absolute Gasteiger partial charge is 0.234 e. The summed E-state index contributed by atoms with van der Waals surface area (Å²) in [6.07, 6.45) is 2.94. The molecule has 0 aliphatic carbocycles. The minimum absolute atomic E-state index is 0.116. The van der Waals surface area contributed by atoms with E-state index in [-0.39, 0.29) is 5.91 Å². The minimum atomic E-state index is 0.116. The molecule has 0 spiro atoms. The maximum atomic E-state index is 12.3. The van der Waals surface area contributed by atoms with Crippen LogP contribution in [0.3, 0.4) is 0 Å². The lowest BCUT2D eigenvalue weighted by atomic mass is 9.98. The van der Waals surface area contributed by atoms with Crippen LogP contribution in [0.1, 0.15) is 41.8 Å². The maximum absolute atomic E-state index is 12.3. The molecule has 0 fully saturated rings. The summed E-state index contributed by atoms with van der Waals surface area (Å²) in [4.78, 5) is 16.1. The number of thiophene rings is 1. The highest BCUT2D eigenvalue weighted by atomic mass is 32.1. The van der Waals surface area contributed by atoms with Gasteiger partial charge in [-0.2, -0.15) is 0 Å². The third-order valence-electron chi connectivity index (χ3n) is 4.84. The SMILES string of the molecule is CCC1c2ccsc2CCN1CC(=O)NCCCOCc1ccccc1. The van der Waals surface area contributed by atoms with Gasteiger partial charge in [-0.15, -0.1) is 11.3 Å². The van der Waals surface area contributed by atoms with Crippen molar-refractivity contribution in [3.8, 4) is 0 Å². The summed E-state index contributed by atoms with van der Waals surface area (Å²) in [5.41, 5.74) is 2.60. The molecule has 1 atom stereocenters. The molecule has 1 N–H and O–H groups in total. The first-order valence-corrected chi connectivity index (χ1v) is 10.3. The van der Waals surface area contributed by atoms with Crippen LogP contribution in [0.15, 0.2) is 41.8 Å². The number of ether oxygens (including phenoxy) is 1. The monoisotopic (exact) mass is 372 g/mol. The van der Waals surface area contributed by atoms with E-state index in [1.807, 2.05) is 29.5 Å². The van der Waals surface area contributed by atoms with E-state index < -0.39 is 0 Å². The van der Waals surface area contributed by atoms with E-state index in [0.717, 1.165) is 25.8 Å². The van der Waals surface area contributed by atoms with Gasteiger partial charge in [-0.1, -0.05) is 37.3 Å². The van der Waals surface area contributed by atoms with Crippen LogP contribution in [0.5, 0.6) is 0 Å². The number of nitrogens with zero attached hydrogens (tertiary/aromatic N) is 1. The van der Waals surface area contributed by atoms with E-state index in [2.05, 4.69) is 40.7 Å². The van der Waals surface area contributed by atoms with Gasteiger partial charge in [0.25, 0.3) is 0 Å². The summed E-state index contributed by atoms with van der Waals surface area (Å²) in [6, 6.07) is 12.8. The number of amides is 1. The molecule has 2 aromatic rings. The van der Waals surface area contributed by atoms with Crippen LogP contribution in [0.2, 0.25) is 0 Å². The molecule has 1 aromatic carbocycles. The fourth-order valence-corrected chi connectivity index (χ4v) is 4.45. The number of rotatable bonds is 9. The fourth-order valence-electron chi connectivity index (χ4n) is 3.52. The summed E-state index contributed by atoms with van der Waals surface area (Å²) in [5.74, 6) is 0.116. The first-order chi connectivity index (χ1) is 12.8. The van der Waals surface area contributed by atoms with Crippen molar-refractivity contribution in [2.75, 3.05) is 26.2 Å². The van der Waals surface area contributed by atoms with Gasteiger partial charge in [0, 0.05) is 30.6 Å². The second-order valence-corrected chi connectivity index (χ2v) is 7.69. The van der Waals surface area contributed by atoms with E-state index in [1.54, 1.807) is 0 Å². The van der Waals surface area contributed by atoms with E-state index >= 15 is 0 Å². The largest absolute Gasteiger partial charge is 0.377 e. The molecule has 1 aliphatic rings. The van der Waals surface area contributed by atoms with Gasteiger partial charge in [0.1, 0.15) is 0 Å². The number of nitrogens with one attached hydrogen (secondary N) is 1. The van der Waals surface area contributed by atoms with E-state index in [4.69, 9.17) is 4.74 Å². The second-order valence-electron chi connectivity index (χ2n) is 6.69. The number of benzene rings is 1. The van der Waals surface area contributed by atoms with Crippen molar-refractivity contribution < 1.29 is 9.53 Å². The van der Waals surface area contributed by atoms with Crippen LogP contribution in [0.4, 0.5) is 0 Å². The van der Waals surface area contributed by atoms with Crippen LogP contribution in [0, 0.1) is 0 Å². The zero-order valence-corrected chi connectivity index (χ0v) is 16.3. The summed E-state index contributed by atoms with van der Waals surface area (Å²) in [5, 5.41) is 5.21. The van der Waals surface area contributed by atoms with E-state index in [0.29, 0.717) is 32.3 Å². The lowest BCUT2D eigenvalue weighted by Gasteiger charge is -2.34. The lowest BCUT2D eigenvalue weighted by Crippen LogP contribution is -2.42. The predicted octanol–water partition coefficient (Wildman–Crippen LogP) is 3.78. The van der Waals surface area contributed by atoms with Gasteiger partial charge in [-0.3, -0.25) is 9.69 Å². The van der Waals surface area contributed by atoms with Crippen molar-refractivity contribution in [2.45, 2.75) is 38.8 Å². The summed E-state index contributed by atoms with van der Waals surface area (Å²) in [7, 11) is 0. The zero-order valence-electron chi connectivity index (χ0n) is 15.4. The van der Waals surface area contributed by atoms with Crippen LogP contribution in [-0.4, -0.2) is 37.0 Å². The minimum Gasteiger partial charge on any atom is -0.377 e. The first-order valence-electron chi connectivity index (χ1n) is 9.46. The van der Waals surface area contributed by atoms with E-state index in [1.165, 1.54) is 16.0 Å². The molecular weight excluding hydrogens is 344 g/mol. The Morgan fingerprint density at radius 2 is 2.15 bits per heavy atom. The van der Waals surface area contributed by atoms with Crippen LogP contribution < -0.4 is 5.32 Å². The summed E-state index contributed by atoms with van der Waals surface area (Å²) < 4.78 is 5.66. The summed E-state index contributed by atoms with van der Waals surface area (Å²) >= 11 is 1.84. The van der Waals surface area contributed by atoms with Crippen LogP contribution >= 0.6 is 11.3 Å². The molecule has 4 nitrogen and oxygen atoms in total. The zero-order chi connectivity index (χ0) is 18.2. The van der Waals surface area contributed by atoms with Crippen molar-refractivity contribution in [1.82, 2.24) is 10.2 Å². The Hall–Kier alpha value is -1.69. The van der Waals surface area contributed by atoms with Crippen LogP contribution in [0.25, 0.3) is 0 Å². The Labute approximate surface area is 160 Å². The Balaban J connectivity index is 1.33. The molecule has 0 radical (unpaired) electrons. The van der Waals surface area contributed by atoms with Gasteiger partial charge in [-0.25, -0.2) is 0 Å². The molecule has 26 heavy (non-hydrogen) atoms. The molecule has 3 rings (SSSR count). The molecule has 1 unspecified atom stereocenters. The van der Waals surface area contributed by atoms with Gasteiger partial charge < -0.3 is 10.1 Å². The van der Waals surface area contributed by atoms with Gasteiger partial charge in [-0.05, 0) is 41.8 Å². The van der Waals surface area contributed by atoms with Crippen molar-refractivity contribution in [3.63, 3.8) is 0 Å². The molecule has 2 heterocycles. The average Bonchev–Trinajstić information content (AvgIpc) is 3.14. The molecule has 1 aromatic heterocycles. The van der Waals surface area contributed by atoms with Gasteiger partial charge in [0.05, 0.1) is 13.2 Å². The second kappa shape index (κ2) is 9.86. The van der Waals surface area contributed by atoms with Crippen molar-refractivity contribution in [2.24, 2.45) is 0 Å². The Bertz CT molecular complexity index is 686. The normalized spacial score (nSPS) is 17.0. The Kier molecular flexibility index (Phi) is 7.23. The lowest BCUT2D eigenvalue weighted by molar-refractivity contribution is -0.123. The number of hydrogen-bond acceptors (Lipinski definition) is 4. The van der Waals surface area contributed by atoms with Crippen molar-refractivity contribution in [3.05, 3.63) is 57.8 Å².